The molecule has 0 aromatic heterocycles. The third-order valence-electron chi connectivity index (χ3n) is 2.46. The van der Waals surface area contributed by atoms with Gasteiger partial charge >= 0.3 is 0 Å². The van der Waals surface area contributed by atoms with Gasteiger partial charge in [-0.3, -0.25) is 0 Å². The molecule has 0 saturated carbocycles. The summed E-state index contributed by atoms with van der Waals surface area (Å²) in [5.74, 6) is 1.00. The van der Waals surface area contributed by atoms with Gasteiger partial charge in [-0.15, -0.1) is 0 Å². The maximum Gasteiger partial charge on any atom is 0.123 e. The van der Waals surface area contributed by atoms with E-state index in [-0.39, 0.29) is 0 Å². The summed E-state index contributed by atoms with van der Waals surface area (Å²) in [6, 6.07) is 8.23. The van der Waals surface area contributed by atoms with Crippen LogP contribution in [0, 0.1) is 0 Å². The molecule has 0 spiro atoms. The van der Waals surface area contributed by atoms with Crippen LogP contribution < -0.4 is 10.1 Å². The van der Waals surface area contributed by atoms with Gasteiger partial charge in [0.25, 0.3) is 0 Å². The molecule has 1 N–H and O–H groups in total. The van der Waals surface area contributed by atoms with E-state index < -0.39 is 0 Å². The van der Waals surface area contributed by atoms with Crippen LogP contribution in [0.5, 0.6) is 5.75 Å². The van der Waals surface area contributed by atoms with Gasteiger partial charge in [-0.25, -0.2) is 0 Å². The quantitative estimate of drug-likeness (QED) is 0.760. The van der Waals surface area contributed by atoms with E-state index in [4.69, 9.17) is 4.74 Å². The van der Waals surface area contributed by atoms with Gasteiger partial charge in [0.05, 0.1) is 6.61 Å². The second-order valence-electron chi connectivity index (χ2n) is 3.88. The Morgan fingerprint density at radius 3 is 2.75 bits per heavy atom. The first-order valence-electron chi connectivity index (χ1n) is 5.81. The van der Waals surface area contributed by atoms with Crippen molar-refractivity contribution in [2.45, 2.75) is 13.5 Å². The molecule has 16 heavy (non-hydrogen) atoms. The lowest BCUT2D eigenvalue weighted by atomic mass is 10.2. The Morgan fingerprint density at radius 2 is 2.06 bits per heavy atom. The predicted octanol–water partition coefficient (Wildman–Crippen LogP) is 1.74. The van der Waals surface area contributed by atoms with Gasteiger partial charge in [-0.05, 0) is 27.1 Å². The Hall–Kier alpha value is -1.06. The number of para-hydroxylation sites is 1. The van der Waals surface area contributed by atoms with Crippen molar-refractivity contribution in [1.82, 2.24) is 10.2 Å². The Labute approximate surface area is 98.4 Å². The van der Waals surface area contributed by atoms with E-state index in [1.807, 2.05) is 26.1 Å². The molecule has 3 heteroatoms. The Kier molecular flexibility index (Phi) is 5.90. The average molecular weight is 222 g/mol. The maximum absolute atomic E-state index is 5.60. The molecule has 0 aliphatic heterocycles. The van der Waals surface area contributed by atoms with Crippen molar-refractivity contribution in [2.24, 2.45) is 0 Å². The molecule has 0 fully saturated rings. The van der Waals surface area contributed by atoms with Crippen molar-refractivity contribution >= 4 is 0 Å². The van der Waals surface area contributed by atoms with Gasteiger partial charge in [-0.2, -0.15) is 0 Å². The summed E-state index contributed by atoms with van der Waals surface area (Å²) in [6.07, 6.45) is 0. The second-order valence-corrected chi connectivity index (χ2v) is 3.88. The first-order chi connectivity index (χ1) is 7.77. The number of nitrogens with one attached hydrogen (secondary N) is 1. The number of nitrogens with zero attached hydrogens (tertiary/aromatic N) is 1. The number of hydrogen-bond acceptors (Lipinski definition) is 3. The van der Waals surface area contributed by atoms with Crippen LogP contribution in [0.4, 0.5) is 0 Å². The van der Waals surface area contributed by atoms with Crippen molar-refractivity contribution in [2.75, 3.05) is 33.8 Å². The maximum atomic E-state index is 5.60. The molecular formula is C13H22N2O. The molecule has 0 aliphatic carbocycles. The molecule has 0 bridgehead atoms. The van der Waals surface area contributed by atoms with Crippen LogP contribution in [0.1, 0.15) is 12.5 Å². The minimum absolute atomic E-state index is 0.719. The largest absolute Gasteiger partial charge is 0.494 e. The lowest BCUT2D eigenvalue weighted by Gasteiger charge is -2.18. The lowest BCUT2D eigenvalue weighted by molar-refractivity contribution is 0.304. The van der Waals surface area contributed by atoms with Crippen LogP contribution in [0.15, 0.2) is 24.3 Å². The molecule has 0 amide bonds. The van der Waals surface area contributed by atoms with Crippen LogP contribution >= 0.6 is 0 Å². The zero-order valence-electron chi connectivity index (χ0n) is 10.5. The first-order valence-corrected chi connectivity index (χ1v) is 5.81. The number of benzene rings is 1. The zero-order chi connectivity index (χ0) is 11.8. The molecule has 1 aromatic rings. The molecule has 0 heterocycles. The monoisotopic (exact) mass is 222 g/mol. The van der Waals surface area contributed by atoms with Crippen LogP contribution in [0.25, 0.3) is 0 Å². The number of rotatable bonds is 7. The van der Waals surface area contributed by atoms with Crippen molar-refractivity contribution in [3.8, 4) is 5.75 Å². The average Bonchev–Trinajstić information content (AvgIpc) is 2.29. The highest BCUT2D eigenvalue weighted by Crippen LogP contribution is 2.19. The normalized spacial score (nSPS) is 10.8. The fraction of sp³-hybridized carbons (Fsp3) is 0.538. The summed E-state index contributed by atoms with van der Waals surface area (Å²) in [5.41, 5.74) is 1.25. The van der Waals surface area contributed by atoms with Gasteiger partial charge in [-0.1, -0.05) is 18.2 Å². The smallest absolute Gasteiger partial charge is 0.123 e. The third kappa shape index (κ3) is 4.21. The van der Waals surface area contributed by atoms with Gasteiger partial charge < -0.3 is 15.0 Å². The Morgan fingerprint density at radius 1 is 1.31 bits per heavy atom. The summed E-state index contributed by atoms with van der Waals surface area (Å²) in [4.78, 5) is 2.29. The Balaban J connectivity index is 2.57. The third-order valence-corrected chi connectivity index (χ3v) is 2.46. The molecule has 0 atom stereocenters. The van der Waals surface area contributed by atoms with E-state index in [1.54, 1.807) is 0 Å². The fourth-order valence-corrected chi connectivity index (χ4v) is 1.60. The molecule has 1 aromatic carbocycles. The van der Waals surface area contributed by atoms with E-state index in [0.717, 1.165) is 32.0 Å². The van der Waals surface area contributed by atoms with Gasteiger partial charge in [0.15, 0.2) is 0 Å². The van der Waals surface area contributed by atoms with E-state index >= 15 is 0 Å². The van der Waals surface area contributed by atoms with Crippen LogP contribution in [-0.2, 0) is 6.54 Å². The molecule has 0 unspecified atom stereocenters. The summed E-state index contributed by atoms with van der Waals surface area (Å²) >= 11 is 0. The van der Waals surface area contributed by atoms with Crippen molar-refractivity contribution in [3.05, 3.63) is 29.8 Å². The summed E-state index contributed by atoms with van der Waals surface area (Å²) in [6.45, 7) is 5.71. The van der Waals surface area contributed by atoms with Gasteiger partial charge in [0.2, 0.25) is 0 Å². The van der Waals surface area contributed by atoms with Crippen LogP contribution in [0.3, 0.4) is 0 Å². The molecule has 3 nitrogen and oxygen atoms in total. The molecule has 90 valence electrons. The highest BCUT2D eigenvalue weighted by molar-refractivity contribution is 5.33. The topological polar surface area (TPSA) is 24.5 Å². The van der Waals surface area contributed by atoms with Gasteiger partial charge in [0, 0.05) is 25.2 Å². The fourth-order valence-electron chi connectivity index (χ4n) is 1.60. The molecule has 1 rings (SSSR count). The van der Waals surface area contributed by atoms with E-state index in [9.17, 15) is 0 Å². The molecule has 0 radical (unpaired) electrons. The molecule has 0 saturated heterocycles. The van der Waals surface area contributed by atoms with Crippen molar-refractivity contribution in [3.63, 3.8) is 0 Å². The highest BCUT2D eigenvalue weighted by Gasteiger charge is 2.05. The van der Waals surface area contributed by atoms with E-state index in [0.29, 0.717) is 0 Å². The van der Waals surface area contributed by atoms with Crippen LogP contribution in [-0.4, -0.2) is 38.7 Å². The Bertz CT molecular complexity index is 302. The number of likely N-dealkylation sites (N-methyl/N-ethyl adjacent to an activating group) is 2. The first kappa shape index (κ1) is 13.0. The van der Waals surface area contributed by atoms with E-state index in [2.05, 4.69) is 29.4 Å². The lowest BCUT2D eigenvalue weighted by Crippen LogP contribution is -2.27. The summed E-state index contributed by atoms with van der Waals surface area (Å²) in [7, 11) is 4.10. The number of hydrogen-bond donors (Lipinski definition) is 1. The predicted molar refractivity (Wildman–Crippen MR) is 67.9 cm³/mol. The van der Waals surface area contributed by atoms with Crippen LogP contribution in [0.2, 0.25) is 0 Å². The zero-order valence-corrected chi connectivity index (χ0v) is 10.5. The van der Waals surface area contributed by atoms with E-state index in [1.165, 1.54) is 5.56 Å². The second kappa shape index (κ2) is 7.25. The van der Waals surface area contributed by atoms with Crippen molar-refractivity contribution in [1.29, 1.82) is 0 Å². The number of ether oxygens (including phenoxy) is 1. The minimum Gasteiger partial charge on any atom is -0.494 e. The molecular weight excluding hydrogens is 200 g/mol. The standard InChI is InChI=1S/C13H22N2O/c1-4-16-13-8-6-5-7-12(13)11-15(3)10-9-14-2/h5-8,14H,4,9-11H2,1-3H3. The van der Waals surface area contributed by atoms with Gasteiger partial charge in [0.1, 0.15) is 5.75 Å². The molecule has 0 aliphatic rings. The highest BCUT2D eigenvalue weighted by atomic mass is 16.5. The summed E-state index contributed by atoms with van der Waals surface area (Å²) in [5, 5.41) is 3.15. The minimum atomic E-state index is 0.719. The SMILES string of the molecule is CCOc1ccccc1CN(C)CCNC. The van der Waals surface area contributed by atoms with Crippen molar-refractivity contribution < 1.29 is 4.74 Å². The summed E-state index contributed by atoms with van der Waals surface area (Å²) < 4.78 is 5.60.